The topological polar surface area (TPSA) is 34.2 Å². The predicted octanol–water partition coefficient (Wildman–Crippen LogP) is 15.7. The summed E-state index contributed by atoms with van der Waals surface area (Å²) in [4.78, 5) is 7.29. The summed E-state index contributed by atoms with van der Waals surface area (Å²) in [5.41, 5.74) is 13.6. The average Bonchev–Trinajstić information content (AvgIpc) is 3.92. The van der Waals surface area contributed by atoms with Crippen LogP contribution in [0.25, 0.3) is 93.8 Å². The van der Waals surface area contributed by atoms with Gasteiger partial charge < -0.3 is 13.9 Å². The average molecular weight is 780 g/mol. The molecule has 4 nitrogen and oxygen atoms in total. The molecule has 0 aliphatic rings. The summed E-state index contributed by atoms with van der Waals surface area (Å²) in [6.07, 6.45) is 0. The van der Waals surface area contributed by atoms with E-state index in [0.29, 0.717) is 5.89 Å². The minimum atomic E-state index is 0.614. The number of aromatic nitrogens is 2. The zero-order valence-corrected chi connectivity index (χ0v) is 33.1. The number of anilines is 3. The van der Waals surface area contributed by atoms with Crippen molar-refractivity contribution < 1.29 is 4.42 Å². The summed E-state index contributed by atoms with van der Waals surface area (Å²) in [6, 6.07) is 80.1. The second-order valence-electron chi connectivity index (χ2n) is 15.6. The van der Waals surface area contributed by atoms with Crippen LogP contribution in [0, 0.1) is 0 Å². The highest BCUT2D eigenvalue weighted by Gasteiger charge is 2.21. The Balaban J connectivity index is 1.07. The lowest BCUT2D eigenvalue weighted by atomic mass is 10.00. The van der Waals surface area contributed by atoms with Gasteiger partial charge in [0.15, 0.2) is 5.58 Å². The van der Waals surface area contributed by atoms with Crippen LogP contribution in [0.5, 0.6) is 0 Å². The summed E-state index contributed by atoms with van der Waals surface area (Å²) in [5, 5.41) is 7.26. The highest BCUT2D eigenvalue weighted by Crippen LogP contribution is 2.44. The van der Waals surface area contributed by atoms with Crippen molar-refractivity contribution in [3.63, 3.8) is 0 Å². The van der Waals surface area contributed by atoms with Gasteiger partial charge in [0.05, 0.1) is 11.0 Å². The van der Waals surface area contributed by atoms with Crippen LogP contribution in [-0.4, -0.2) is 9.55 Å². The molecule has 2 aromatic heterocycles. The van der Waals surface area contributed by atoms with E-state index in [4.69, 9.17) is 9.40 Å². The molecule has 61 heavy (non-hydrogen) atoms. The fourth-order valence-electron chi connectivity index (χ4n) is 9.10. The number of para-hydroxylation sites is 2. The third-order valence-corrected chi connectivity index (χ3v) is 12.0. The number of hydrogen-bond donors (Lipinski definition) is 0. The van der Waals surface area contributed by atoms with Gasteiger partial charge in [-0.05, 0) is 123 Å². The molecule has 0 fully saturated rings. The maximum atomic E-state index is 6.54. The first-order valence-corrected chi connectivity index (χ1v) is 20.7. The van der Waals surface area contributed by atoms with Crippen molar-refractivity contribution in [1.82, 2.24) is 9.55 Å². The van der Waals surface area contributed by atoms with Gasteiger partial charge in [0.25, 0.3) is 0 Å². The Morgan fingerprint density at radius 3 is 1.89 bits per heavy atom. The van der Waals surface area contributed by atoms with E-state index >= 15 is 0 Å². The predicted molar refractivity (Wildman–Crippen MR) is 254 cm³/mol. The summed E-state index contributed by atoms with van der Waals surface area (Å²) in [6.45, 7) is 0. The number of oxazole rings is 1. The van der Waals surface area contributed by atoms with E-state index < -0.39 is 0 Å². The van der Waals surface area contributed by atoms with Crippen LogP contribution in [0.4, 0.5) is 17.1 Å². The van der Waals surface area contributed by atoms with Gasteiger partial charge in [0.2, 0.25) is 5.89 Å². The lowest BCUT2D eigenvalue weighted by molar-refractivity contribution is 0.621. The van der Waals surface area contributed by atoms with E-state index in [1.165, 1.54) is 49.0 Å². The minimum absolute atomic E-state index is 0.614. The third kappa shape index (κ3) is 5.96. The Bertz CT molecular complexity index is 3590. The Kier molecular flexibility index (Phi) is 8.13. The van der Waals surface area contributed by atoms with Crippen molar-refractivity contribution in [2.24, 2.45) is 0 Å². The van der Waals surface area contributed by atoms with Gasteiger partial charge >= 0.3 is 0 Å². The molecule has 10 aromatic carbocycles. The van der Waals surface area contributed by atoms with Crippen molar-refractivity contribution in [2.75, 3.05) is 4.90 Å². The molecular formula is C57H37N3O. The van der Waals surface area contributed by atoms with E-state index in [2.05, 4.69) is 198 Å². The molecule has 0 aliphatic heterocycles. The summed E-state index contributed by atoms with van der Waals surface area (Å²) in [7, 11) is 0. The quantitative estimate of drug-likeness (QED) is 0.162. The van der Waals surface area contributed by atoms with Crippen LogP contribution in [0.1, 0.15) is 0 Å². The number of benzene rings is 10. The summed E-state index contributed by atoms with van der Waals surface area (Å²) >= 11 is 0. The van der Waals surface area contributed by atoms with E-state index in [1.54, 1.807) is 0 Å². The highest BCUT2D eigenvalue weighted by molar-refractivity contribution is 6.22. The number of hydrogen-bond acceptors (Lipinski definition) is 3. The zero-order valence-electron chi connectivity index (χ0n) is 33.1. The van der Waals surface area contributed by atoms with Gasteiger partial charge in [-0.25, -0.2) is 4.98 Å². The Labute approximate surface area is 352 Å². The van der Waals surface area contributed by atoms with Gasteiger partial charge in [-0.1, -0.05) is 140 Å². The van der Waals surface area contributed by atoms with E-state index in [0.717, 1.165) is 56.1 Å². The van der Waals surface area contributed by atoms with Crippen molar-refractivity contribution in [3.05, 3.63) is 224 Å². The molecular weight excluding hydrogens is 743 g/mol. The fourth-order valence-corrected chi connectivity index (χ4v) is 9.10. The Morgan fingerprint density at radius 1 is 0.393 bits per heavy atom. The summed E-state index contributed by atoms with van der Waals surface area (Å²) < 4.78 is 8.93. The van der Waals surface area contributed by atoms with Crippen LogP contribution in [-0.2, 0) is 0 Å². The first-order chi connectivity index (χ1) is 30.2. The van der Waals surface area contributed by atoms with Gasteiger partial charge in [-0.3, -0.25) is 0 Å². The minimum Gasteiger partial charge on any atom is -0.435 e. The van der Waals surface area contributed by atoms with Crippen molar-refractivity contribution >= 4 is 71.5 Å². The number of fused-ring (bicyclic) bond motifs is 7. The van der Waals surface area contributed by atoms with Crippen molar-refractivity contribution in [2.45, 2.75) is 0 Å². The van der Waals surface area contributed by atoms with E-state index in [-0.39, 0.29) is 0 Å². The van der Waals surface area contributed by atoms with Crippen molar-refractivity contribution in [1.29, 1.82) is 0 Å². The molecule has 0 unspecified atom stereocenters. The third-order valence-electron chi connectivity index (χ3n) is 12.0. The molecule has 0 atom stereocenters. The molecule has 0 saturated heterocycles. The molecule has 12 aromatic rings. The molecule has 4 heteroatoms. The maximum Gasteiger partial charge on any atom is 0.227 e. The van der Waals surface area contributed by atoms with Crippen LogP contribution in [0.3, 0.4) is 0 Å². The second kappa shape index (κ2) is 14.3. The molecule has 0 amide bonds. The Morgan fingerprint density at radius 2 is 1.03 bits per heavy atom. The van der Waals surface area contributed by atoms with Gasteiger partial charge in [0, 0.05) is 44.6 Å². The molecule has 0 saturated carbocycles. The monoisotopic (exact) mass is 779 g/mol. The van der Waals surface area contributed by atoms with Gasteiger partial charge in [-0.15, -0.1) is 0 Å². The molecule has 286 valence electrons. The molecule has 2 heterocycles. The number of rotatable bonds is 7. The zero-order chi connectivity index (χ0) is 40.3. The van der Waals surface area contributed by atoms with Crippen LogP contribution in [0.2, 0.25) is 0 Å². The normalized spacial score (nSPS) is 11.6. The SMILES string of the molecule is c1ccc(-c2ccc3cc(N(c4cccc(-c5cccc6nc(-c7ccccc7)oc56)c4)c4ccc5c(c4)c4c6ccccc6ccc4n5-c4ccccc4)ccc3c2)cc1. The number of nitrogens with zero attached hydrogens (tertiary/aromatic N) is 3. The smallest absolute Gasteiger partial charge is 0.227 e. The fraction of sp³-hybridized carbons (Fsp3) is 0. The van der Waals surface area contributed by atoms with E-state index in [9.17, 15) is 0 Å². The van der Waals surface area contributed by atoms with Crippen LogP contribution >= 0.6 is 0 Å². The molecule has 0 spiro atoms. The molecule has 0 N–H and O–H groups in total. The first-order valence-electron chi connectivity index (χ1n) is 20.7. The molecule has 12 rings (SSSR count). The lowest BCUT2D eigenvalue weighted by Gasteiger charge is -2.27. The first kappa shape index (κ1) is 34.8. The van der Waals surface area contributed by atoms with Gasteiger partial charge in [0.1, 0.15) is 5.52 Å². The van der Waals surface area contributed by atoms with Crippen LogP contribution in [0.15, 0.2) is 229 Å². The van der Waals surface area contributed by atoms with E-state index in [1.807, 2.05) is 36.4 Å². The Hall–Kier alpha value is -8.21. The van der Waals surface area contributed by atoms with Crippen LogP contribution < -0.4 is 4.90 Å². The van der Waals surface area contributed by atoms with Crippen molar-refractivity contribution in [3.8, 4) is 39.4 Å². The second-order valence-corrected chi connectivity index (χ2v) is 15.6. The summed E-state index contributed by atoms with van der Waals surface area (Å²) in [5.74, 6) is 0.614. The molecule has 0 bridgehead atoms. The maximum absolute atomic E-state index is 6.54. The molecule has 0 aliphatic carbocycles. The molecule has 0 radical (unpaired) electrons. The van der Waals surface area contributed by atoms with Gasteiger partial charge in [-0.2, -0.15) is 0 Å². The standard InChI is InChI=1S/C57H37N3O/c1-4-14-38(15-5-1)41-26-27-43-35-47(30-28-42(43)34-41)59(46-22-12-19-44(36-46)50-24-13-25-52-56(50)61-57(58-52)40-17-6-2-7-18-40)48-31-33-53-51(37-48)55-49-23-11-10-16-39(49)29-32-54(55)60(53)45-20-8-3-9-21-45/h1-37H. The largest absolute Gasteiger partial charge is 0.435 e. The highest BCUT2D eigenvalue weighted by atomic mass is 16.3. The lowest BCUT2D eigenvalue weighted by Crippen LogP contribution is -2.10.